The van der Waals surface area contributed by atoms with Crippen molar-refractivity contribution in [2.75, 3.05) is 0 Å². The highest BCUT2D eigenvalue weighted by Crippen LogP contribution is 2.14. The second-order valence-corrected chi connectivity index (χ2v) is 13.6. The summed E-state index contributed by atoms with van der Waals surface area (Å²) >= 11 is 0. The summed E-state index contributed by atoms with van der Waals surface area (Å²) in [5.41, 5.74) is 0. The Morgan fingerprint density at radius 2 is 0.458 bits per heavy atom. The van der Waals surface area contributed by atoms with Crippen molar-refractivity contribution in [2.45, 2.75) is 205 Å². The van der Waals surface area contributed by atoms with Crippen molar-refractivity contribution in [2.24, 2.45) is 0 Å². The molecule has 0 amide bonds. The van der Waals surface area contributed by atoms with E-state index >= 15 is 0 Å². The second kappa shape index (κ2) is 40.9. The maximum atomic E-state index is 9.26. The summed E-state index contributed by atoms with van der Waals surface area (Å²) in [7, 11) is 0. The highest BCUT2D eigenvalue weighted by atomic mass is 16.3. The normalized spacial score (nSPS) is 13.4. The van der Waals surface area contributed by atoms with Gasteiger partial charge in [-0.2, -0.15) is 0 Å². The minimum Gasteiger partial charge on any atom is -0.377 e. The Morgan fingerprint density at radius 3 is 0.667 bits per heavy atom. The standard InChI is InChI=1S/C46H76O2/c1-3-45(47)43-41-39-37-35-33-31-29-27-25-23-21-19-17-15-13-11-9-7-5-6-8-10-12-14-16-18-20-22-24-26-28-30-32-34-36-38-40-42-44-46(48)4-2/h1-2,5-6,27-30,41-48H,7-26,31-40H2/b6-5-,29-27-,30-28-,43-41+,44-42+. The van der Waals surface area contributed by atoms with Gasteiger partial charge in [0.2, 0.25) is 0 Å². The van der Waals surface area contributed by atoms with E-state index in [1.54, 1.807) is 12.2 Å². The van der Waals surface area contributed by atoms with Crippen LogP contribution in [0.1, 0.15) is 193 Å². The van der Waals surface area contributed by atoms with E-state index in [4.69, 9.17) is 12.8 Å². The first-order valence-corrected chi connectivity index (χ1v) is 20.3. The van der Waals surface area contributed by atoms with Gasteiger partial charge in [0.25, 0.3) is 0 Å². The summed E-state index contributed by atoms with van der Waals surface area (Å²) in [5, 5.41) is 18.5. The first kappa shape index (κ1) is 45.7. The molecule has 0 bridgehead atoms. The summed E-state index contributed by atoms with van der Waals surface area (Å²) in [5.74, 6) is 4.60. The SMILES string of the molecule is C#CC(O)/C=C/CCCCC/C=C\CCCCCCCCCC/C=C\CCCCCCCCCC/C=C\CCCCC/C=C/C(O)C#C. The number of hydrogen-bond acceptors (Lipinski definition) is 2. The van der Waals surface area contributed by atoms with Crippen LogP contribution in [0, 0.1) is 24.7 Å². The van der Waals surface area contributed by atoms with Crippen molar-refractivity contribution in [1.29, 1.82) is 0 Å². The molecule has 2 N–H and O–H groups in total. The fourth-order valence-corrected chi connectivity index (χ4v) is 5.84. The fourth-order valence-electron chi connectivity index (χ4n) is 5.84. The Bertz CT molecular complexity index is 805. The lowest BCUT2D eigenvalue weighted by molar-refractivity contribution is 0.280. The molecule has 0 aromatic rings. The van der Waals surface area contributed by atoms with Crippen molar-refractivity contribution in [1.82, 2.24) is 0 Å². The Morgan fingerprint density at radius 1 is 0.292 bits per heavy atom. The number of aliphatic hydroxyl groups excluding tert-OH is 2. The molecule has 0 rings (SSSR count). The van der Waals surface area contributed by atoms with Crippen LogP contribution in [0.5, 0.6) is 0 Å². The molecule has 272 valence electrons. The van der Waals surface area contributed by atoms with E-state index in [0.29, 0.717) is 0 Å². The maximum Gasteiger partial charge on any atom is 0.133 e. The average molecular weight is 661 g/mol. The van der Waals surface area contributed by atoms with Crippen LogP contribution in [0.15, 0.2) is 60.8 Å². The zero-order valence-electron chi connectivity index (χ0n) is 31.2. The van der Waals surface area contributed by atoms with Gasteiger partial charge in [0.15, 0.2) is 0 Å². The van der Waals surface area contributed by atoms with Gasteiger partial charge >= 0.3 is 0 Å². The topological polar surface area (TPSA) is 40.5 Å². The summed E-state index contributed by atoms with van der Waals surface area (Å²) < 4.78 is 0. The van der Waals surface area contributed by atoms with Gasteiger partial charge in [-0.05, 0) is 115 Å². The fraction of sp³-hybridized carbons (Fsp3) is 0.696. The Labute approximate surface area is 299 Å². The highest BCUT2D eigenvalue weighted by molar-refractivity contribution is 5.06. The summed E-state index contributed by atoms with van der Waals surface area (Å²) in [6, 6.07) is 0. The zero-order chi connectivity index (χ0) is 34.9. The Kier molecular flexibility index (Phi) is 39.0. The Hall–Kier alpha value is -2.26. The smallest absolute Gasteiger partial charge is 0.133 e. The van der Waals surface area contributed by atoms with Crippen molar-refractivity contribution in [3.63, 3.8) is 0 Å². The summed E-state index contributed by atoms with van der Waals surface area (Å²) in [6.07, 6.45) is 69.6. The quantitative estimate of drug-likeness (QED) is 0.0399. The first-order chi connectivity index (χ1) is 23.7. The van der Waals surface area contributed by atoms with Gasteiger partial charge in [0.1, 0.15) is 12.2 Å². The van der Waals surface area contributed by atoms with Gasteiger partial charge in [0.05, 0.1) is 0 Å². The summed E-state index contributed by atoms with van der Waals surface area (Å²) in [4.78, 5) is 0. The van der Waals surface area contributed by atoms with Crippen LogP contribution in [-0.4, -0.2) is 22.4 Å². The zero-order valence-corrected chi connectivity index (χ0v) is 31.2. The third kappa shape index (κ3) is 39.9. The van der Waals surface area contributed by atoms with Crippen molar-refractivity contribution in [3.05, 3.63) is 60.8 Å². The van der Waals surface area contributed by atoms with E-state index in [1.165, 1.54) is 180 Å². The van der Waals surface area contributed by atoms with Crippen molar-refractivity contribution >= 4 is 0 Å². The maximum absolute atomic E-state index is 9.26. The third-order valence-electron chi connectivity index (χ3n) is 8.94. The molecule has 0 spiro atoms. The number of allylic oxidation sites excluding steroid dienone is 8. The van der Waals surface area contributed by atoms with Crippen LogP contribution in [0.2, 0.25) is 0 Å². The van der Waals surface area contributed by atoms with Crippen LogP contribution in [0.25, 0.3) is 0 Å². The molecule has 48 heavy (non-hydrogen) atoms. The van der Waals surface area contributed by atoms with E-state index in [0.717, 1.165) is 12.8 Å². The molecular formula is C46H76O2. The molecule has 0 saturated heterocycles. The third-order valence-corrected chi connectivity index (χ3v) is 8.94. The van der Waals surface area contributed by atoms with Crippen LogP contribution < -0.4 is 0 Å². The van der Waals surface area contributed by atoms with Crippen molar-refractivity contribution < 1.29 is 10.2 Å². The molecule has 0 saturated carbocycles. The minimum atomic E-state index is -0.725. The molecule has 0 fully saturated rings. The molecule has 0 radical (unpaired) electrons. The lowest BCUT2D eigenvalue weighted by Crippen LogP contribution is -1.95. The molecular weight excluding hydrogens is 585 g/mol. The lowest BCUT2D eigenvalue weighted by atomic mass is 10.0. The minimum absolute atomic E-state index is 0.725. The van der Waals surface area contributed by atoms with E-state index in [1.807, 2.05) is 12.2 Å². The molecule has 2 heteroatoms. The van der Waals surface area contributed by atoms with Gasteiger partial charge in [-0.3, -0.25) is 0 Å². The van der Waals surface area contributed by atoms with E-state index in [2.05, 4.69) is 48.3 Å². The summed E-state index contributed by atoms with van der Waals surface area (Å²) in [6.45, 7) is 0. The number of terminal acetylenes is 2. The second-order valence-electron chi connectivity index (χ2n) is 13.6. The molecule has 0 aliphatic heterocycles. The van der Waals surface area contributed by atoms with Crippen molar-refractivity contribution in [3.8, 4) is 24.7 Å². The van der Waals surface area contributed by atoms with E-state index in [9.17, 15) is 10.2 Å². The van der Waals surface area contributed by atoms with Gasteiger partial charge in [-0.25, -0.2) is 0 Å². The van der Waals surface area contributed by atoms with E-state index in [-0.39, 0.29) is 0 Å². The number of rotatable bonds is 36. The average Bonchev–Trinajstić information content (AvgIpc) is 3.10. The predicted octanol–water partition coefficient (Wildman–Crippen LogP) is 13.5. The first-order valence-electron chi connectivity index (χ1n) is 20.3. The predicted molar refractivity (Wildman–Crippen MR) is 214 cm³/mol. The van der Waals surface area contributed by atoms with Crippen LogP contribution in [-0.2, 0) is 0 Å². The van der Waals surface area contributed by atoms with Gasteiger partial charge in [-0.15, -0.1) is 12.8 Å². The molecule has 0 aromatic carbocycles. The van der Waals surface area contributed by atoms with Crippen LogP contribution in [0.4, 0.5) is 0 Å². The molecule has 2 atom stereocenters. The Balaban J connectivity index is 3.23. The van der Waals surface area contributed by atoms with Gasteiger partial charge in [0, 0.05) is 0 Å². The number of hydrogen-bond donors (Lipinski definition) is 2. The molecule has 2 nitrogen and oxygen atoms in total. The number of unbranched alkanes of at least 4 members (excludes halogenated alkanes) is 26. The molecule has 0 aliphatic rings. The lowest BCUT2D eigenvalue weighted by Gasteiger charge is -2.01. The van der Waals surface area contributed by atoms with E-state index < -0.39 is 12.2 Å². The monoisotopic (exact) mass is 661 g/mol. The van der Waals surface area contributed by atoms with Gasteiger partial charge in [-0.1, -0.05) is 150 Å². The largest absolute Gasteiger partial charge is 0.377 e. The molecule has 0 heterocycles. The number of aliphatic hydroxyl groups is 2. The molecule has 2 unspecified atom stereocenters. The molecule has 0 aromatic heterocycles. The highest BCUT2D eigenvalue weighted by Gasteiger charge is 1.95. The van der Waals surface area contributed by atoms with Crippen LogP contribution in [0.3, 0.4) is 0 Å². The molecule has 0 aliphatic carbocycles. The van der Waals surface area contributed by atoms with Crippen LogP contribution >= 0.6 is 0 Å². The van der Waals surface area contributed by atoms with Gasteiger partial charge < -0.3 is 10.2 Å².